The molecule has 0 saturated carbocycles. The van der Waals surface area contributed by atoms with Crippen molar-refractivity contribution in [1.82, 2.24) is 4.90 Å². The van der Waals surface area contributed by atoms with Crippen LogP contribution in [0.15, 0.2) is 12.1 Å². The quantitative estimate of drug-likeness (QED) is 0.766. The van der Waals surface area contributed by atoms with E-state index < -0.39 is 0 Å². The van der Waals surface area contributed by atoms with Gasteiger partial charge in [0.15, 0.2) is 0 Å². The van der Waals surface area contributed by atoms with Gasteiger partial charge >= 0.3 is 0 Å². The predicted molar refractivity (Wildman–Crippen MR) is 108 cm³/mol. The Morgan fingerprint density at radius 2 is 2.00 bits per heavy atom. The summed E-state index contributed by atoms with van der Waals surface area (Å²) in [5.74, 6) is -0.112. The summed E-state index contributed by atoms with van der Waals surface area (Å²) in [7, 11) is 4.45. The van der Waals surface area contributed by atoms with Crippen LogP contribution >= 0.6 is 9.24 Å². The molecular formula is C20H32FN2O2P. The molecule has 146 valence electrons. The Hall–Kier alpha value is -0.740. The lowest BCUT2D eigenvalue weighted by Gasteiger charge is -2.38. The van der Waals surface area contributed by atoms with Crippen molar-refractivity contribution in [3.8, 4) is 0 Å². The Morgan fingerprint density at radius 1 is 1.23 bits per heavy atom. The molecule has 2 aliphatic rings. The van der Waals surface area contributed by atoms with E-state index in [-0.39, 0.29) is 24.6 Å². The van der Waals surface area contributed by atoms with Crippen LogP contribution in [0.1, 0.15) is 37.7 Å². The fourth-order valence-electron chi connectivity index (χ4n) is 4.23. The number of halogens is 1. The molecule has 4 nitrogen and oxygen atoms in total. The van der Waals surface area contributed by atoms with Crippen LogP contribution < -0.4 is 10.2 Å². The van der Waals surface area contributed by atoms with E-state index in [0.717, 1.165) is 55.6 Å². The maximum absolute atomic E-state index is 14.8. The molecule has 1 aromatic rings. The topological polar surface area (TPSA) is 35.9 Å². The first-order valence-electron chi connectivity index (χ1n) is 9.83. The maximum Gasteiger partial charge on any atom is 0.129 e. The summed E-state index contributed by atoms with van der Waals surface area (Å²) in [6, 6.07) is 3.96. The second kappa shape index (κ2) is 9.45. The summed E-state index contributed by atoms with van der Waals surface area (Å²) in [5, 5.41) is 10.6. The minimum absolute atomic E-state index is 0.112. The first-order valence-corrected chi connectivity index (χ1v) is 10.4. The lowest BCUT2D eigenvalue weighted by atomic mass is 9.99. The van der Waals surface area contributed by atoms with E-state index in [0.29, 0.717) is 6.42 Å². The molecule has 2 saturated heterocycles. The number of piperidine rings is 2. The molecule has 26 heavy (non-hydrogen) atoms. The van der Waals surface area contributed by atoms with Gasteiger partial charge in [-0.05, 0) is 61.5 Å². The third-order valence-electron chi connectivity index (χ3n) is 5.91. The van der Waals surface area contributed by atoms with Gasteiger partial charge in [-0.15, -0.1) is 9.24 Å². The molecule has 2 fully saturated rings. The lowest BCUT2D eigenvalue weighted by molar-refractivity contribution is -0.00877. The molecule has 0 amide bonds. The van der Waals surface area contributed by atoms with Crippen molar-refractivity contribution in [2.24, 2.45) is 0 Å². The van der Waals surface area contributed by atoms with Gasteiger partial charge in [0, 0.05) is 45.0 Å². The third kappa shape index (κ3) is 4.75. The fourth-order valence-corrected chi connectivity index (χ4v) is 4.69. The number of hydrogen-bond acceptors (Lipinski definition) is 4. The van der Waals surface area contributed by atoms with Crippen molar-refractivity contribution in [2.45, 2.75) is 50.7 Å². The Kier molecular flexibility index (Phi) is 7.27. The minimum atomic E-state index is -0.112. The molecule has 2 heterocycles. The first kappa shape index (κ1) is 20.0. The number of aliphatic hydroxyl groups is 1. The summed E-state index contributed by atoms with van der Waals surface area (Å²) < 4.78 is 20.3. The molecule has 0 bridgehead atoms. The van der Waals surface area contributed by atoms with Crippen molar-refractivity contribution < 1.29 is 14.2 Å². The Bertz CT molecular complexity index is 572. The van der Waals surface area contributed by atoms with Gasteiger partial charge in [-0.3, -0.25) is 4.90 Å². The van der Waals surface area contributed by atoms with Crippen molar-refractivity contribution in [3.63, 3.8) is 0 Å². The number of aliphatic hydroxyl groups excluding tert-OH is 1. The highest BCUT2D eigenvalue weighted by molar-refractivity contribution is 7.27. The molecule has 0 radical (unpaired) electrons. The van der Waals surface area contributed by atoms with Crippen molar-refractivity contribution >= 4 is 20.2 Å². The second-order valence-corrected chi connectivity index (χ2v) is 8.18. The normalized spacial score (nSPS) is 24.8. The van der Waals surface area contributed by atoms with E-state index in [4.69, 9.17) is 4.74 Å². The molecular weight excluding hydrogens is 350 g/mol. The van der Waals surface area contributed by atoms with E-state index in [1.807, 2.05) is 0 Å². The Balaban J connectivity index is 1.67. The number of hydrogen-bond donors (Lipinski definition) is 1. The largest absolute Gasteiger partial charge is 0.395 e. The molecule has 0 spiro atoms. The summed E-state index contributed by atoms with van der Waals surface area (Å²) in [5.41, 5.74) is 1.77. The molecule has 0 aliphatic carbocycles. The first-order chi connectivity index (χ1) is 12.6. The minimum Gasteiger partial charge on any atom is -0.395 e. The molecule has 1 N–H and O–H groups in total. The summed E-state index contributed by atoms with van der Waals surface area (Å²) >= 11 is 0. The molecule has 1 unspecified atom stereocenters. The standard InChI is InChI=1S/C20H32FN2O2P/c1-25-17-6-5-15(14-24)23(13-17)10-7-18-19(21)11-16(12-20(18)26)22-8-3-2-4-9-22/h11-12,15,17,24H,2-10,13-14,26H2,1H3/t15-,17-/m1/s1. The number of rotatable bonds is 6. The number of nitrogens with zero attached hydrogens (tertiary/aromatic N) is 2. The van der Waals surface area contributed by atoms with Crippen LogP contribution in [0.2, 0.25) is 0 Å². The van der Waals surface area contributed by atoms with Gasteiger partial charge in [-0.1, -0.05) is 0 Å². The molecule has 3 rings (SSSR count). The number of anilines is 1. The Morgan fingerprint density at radius 3 is 2.65 bits per heavy atom. The van der Waals surface area contributed by atoms with E-state index >= 15 is 0 Å². The van der Waals surface area contributed by atoms with Crippen LogP contribution in [-0.2, 0) is 11.2 Å². The predicted octanol–water partition coefficient (Wildman–Crippen LogP) is 2.33. The van der Waals surface area contributed by atoms with E-state index in [1.165, 1.54) is 19.3 Å². The van der Waals surface area contributed by atoms with Crippen molar-refractivity contribution in [1.29, 1.82) is 0 Å². The second-order valence-electron chi connectivity index (χ2n) is 7.56. The molecule has 6 heteroatoms. The maximum atomic E-state index is 14.8. The van der Waals surface area contributed by atoms with Gasteiger partial charge in [0.05, 0.1) is 12.7 Å². The highest BCUT2D eigenvalue weighted by Crippen LogP contribution is 2.24. The monoisotopic (exact) mass is 382 g/mol. The van der Waals surface area contributed by atoms with Crippen LogP contribution in [0.25, 0.3) is 0 Å². The van der Waals surface area contributed by atoms with Gasteiger partial charge in [-0.2, -0.15) is 0 Å². The molecule has 3 atom stereocenters. The Labute approximate surface area is 158 Å². The van der Waals surface area contributed by atoms with Gasteiger partial charge in [0.2, 0.25) is 0 Å². The number of likely N-dealkylation sites (tertiary alicyclic amines) is 1. The average Bonchev–Trinajstić information content (AvgIpc) is 2.67. The summed E-state index contributed by atoms with van der Waals surface area (Å²) in [6.45, 7) is 3.74. The van der Waals surface area contributed by atoms with Gasteiger partial charge in [0.25, 0.3) is 0 Å². The van der Waals surface area contributed by atoms with Gasteiger partial charge in [-0.25, -0.2) is 4.39 Å². The highest BCUT2D eigenvalue weighted by Gasteiger charge is 2.27. The van der Waals surface area contributed by atoms with E-state index in [9.17, 15) is 9.50 Å². The zero-order valence-electron chi connectivity index (χ0n) is 15.8. The number of benzene rings is 1. The third-order valence-corrected chi connectivity index (χ3v) is 6.42. The smallest absolute Gasteiger partial charge is 0.129 e. The molecule has 1 aromatic carbocycles. The summed E-state index contributed by atoms with van der Waals surface area (Å²) in [6.07, 6.45) is 6.42. The number of methoxy groups -OCH3 is 1. The van der Waals surface area contributed by atoms with E-state index in [2.05, 4.69) is 25.1 Å². The SMILES string of the molecule is CO[C@@H]1CC[C@H](CO)N(CCc2c(F)cc(N3CCCCC3)cc2P)C1. The highest BCUT2D eigenvalue weighted by atomic mass is 31.0. The zero-order chi connectivity index (χ0) is 18.5. The molecule has 0 aromatic heterocycles. The zero-order valence-corrected chi connectivity index (χ0v) is 16.9. The fraction of sp³-hybridized carbons (Fsp3) is 0.700. The van der Waals surface area contributed by atoms with Crippen LogP contribution in [0.4, 0.5) is 10.1 Å². The van der Waals surface area contributed by atoms with Crippen LogP contribution in [0.3, 0.4) is 0 Å². The van der Waals surface area contributed by atoms with Crippen LogP contribution in [0.5, 0.6) is 0 Å². The molecule has 2 aliphatic heterocycles. The van der Waals surface area contributed by atoms with Gasteiger partial charge < -0.3 is 14.7 Å². The number of ether oxygens (including phenoxy) is 1. The van der Waals surface area contributed by atoms with Gasteiger partial charge in [0.1, 0.15) is 5.82 Å². The van der Waals surface area contributed by atoms with Crippen molar-refractivity contribution in [3.05, 3.63) is 23.5 Å². The van der Waals surface area contributed by atoms with Crippen LogP contribution in [-0.4, -0.2) is 62.0 Å². The summed E-state index contributed by atoms with van der Waals surface area (Å²) in [4.78, 5) is 4.54. The van der Waals surface area contributed by atoms with E-state index in [1.54, 1.807) is 13.2 Å². The lowest BCUT2D eigenvalue weighted by Crippen LogP contribution is -2.48. The van der Waals surface area contributed by atoms with Crippen LogP contribution in [0, 0.1) is 5.82 Å². The average molecular weight is 382 g/mol. The van der Waals surface area contributed by atoms with Crippen molar-refractivity contribution in [2.75, 3.05) is 44.8 Å².